The van der Waals surface area contributed by atoms with Crippen molar-refractivity contribution in [3.63, 3.8) is 0 Å². The maximum Gasteiger partial charge on any atom is 0.316 e. The van der Waals surface area contributed by atoms with Crippen LogP contribution in [0.25, 0.3) is 0 Å². The molecule has 10 heteroatoms. The number of amides is 1. The Kier molecular flexibility index (Phi) is 7.43. The summed E-state index contributed by atoms with van der Waals surface area (Å²) < 4.78 is 5.25. The molecule has 0 bridgehead atoms. The Morgan fingerprint density at radius 3 is 2.65 bits per heavy atom. The van der Waals surface area contributed by atoms with E-state index in [4.69, 9.17) is 16.3 Å². The van der Waals surface area contributed by atoms with Gasteiger partial charge in [0, 0.05) is 21.5 Å². The van der Waals surface area contributed by atoms with Crippen molar-refractivity contribution in [3.8, 4) is 0 Å². The third-order valence-corrected chi connectivity index (χ3v) is 5.13. The van der Waals surface area contributed by atoms with Gasteiger partial charge in [0.25, 0.3) is 11.6 Å². The van der Waals surface area contributed by atoms with Crippen molar-refractivity contribution in [2.24, 2.45) is 0 Å². The average molecular weight is 460 g/mol. The minimum Gasteiger partial charge on any atom is -0.455 e. The van der Waals surface area contributed by atoms with Crippen LogP contribution in [0.1, 0.15) is 0 Å². The molecule has 0 aliphatic carbocycles. The summed E-state index contributed by atoms with van der Waals surface area (Å²) in [6.45, 7) is -0.467. The fourth-order valence-corrected chi connectivity index (χ4v) is 3.29. The van der Waals surface area contributed by atoms with Crippen LogP contribution in [0.15, 0.2) is 51.8 Å². The molecule has 0 spiro atoms. The van der Waals surface area contributed by atoms with E-state index >= 15 is 0 Å². The second-order valence-electron chi connectivity index (χ2n) is 4.85. The number of thioether (sulfide) groups is 1. The van der Waals surface area contributed by atoms with Crippen LogP contribution in [0.3, 0.4) is 0 Å². The molecule has 136 valence electrons. The molecule has 0 aliphatic rings. The normalized spacial score (nSPS) is 10.2. The molecule has 7 nitrogen and oxygen atoms in total. The van der Waals surface area contributed by atoms with Gasteiger partial charge in [-0.1, -0.05) is 23.7 Å². The van der Waals surface area contributed by atoms with Crippen molar-refractivity contribution in [1.29, 1.82) is 0 Å². The van der Waals surface area contributed by atoms with Crippen LogP contribution in [-0.4, -0.2) is 29.2 Å². The van der Waals surface area contributed by atoms with Gasteiger partial charge in [0.05, 0.1) is 21.4 Å². The number of anilines is 1. The second kappa shape index (κ2) is 9.56. The minimum absolute atomic E-state index is 0.0121. The number of hydrogen-bond donors (Lipinski definition) is 1. The molecule has 2 rings (SSSR count). The van der Waals surface area contributed by atoms with Crippen molar-refractivity contribution < 1.29 is 19.2 Å². The zero-order valence-corrected chi connectivity index (χ0v) is 16.3. The van der Waals surface area contributed by atoms with Crippen LogP contribution in [0, 0.1) is 10.1 Å². The smallest absolute Gasteiger partial charge is 0.316 e. The Morgan fingerprint density at radius 1 is 1.27 bits per heavy atom. The number of rotatable bonds is 7. The van der Waals surface area contributed by atoms with E-state index in [-0.39, 0.29) is 11.4 Å². The van der Waals surface area contributed by atoms with Gasteiger partial charge in [-0.05, 0) is 34.1 Å². The summed E-state index contributed by atoms with van der Waals surface area (Å²) in [5, 5.41) is 13.7. The number of benzene rings is 2. The summed E-state index contributed by atoms with van der Waals surface area (Å²) in [6, 6.07) is 11.0. The number of ether oxygens (including phenoxy) is 1. The molecular formula is C16H12BrClN2O5S. The molecular weight excluding hydrogens is 448 g/mol. The first-order valence-electron chi connectivity index (χ1n) is 7.13. The topological polar surface area (TPSA) is 98.5 Å². The first-order chi connectivity index (χ1) is 12.4. The molecule has 0 heterocycles. The van der Waals surface area contributed by atoms with E-state index in [9.17, 15) is 19.7 Å². The lowest BCUT2D eigenvalue weighted by Gasteiger charge is -2.08. The van der Waals surface area contributed by atoms with E-state index in [0.717, 1.165) is 4.90 Å². The fourth-order valence-electron chi connectivity index (χ4n) is 1.79. The standard InChI is InChI=1S/C16H12BrClN2O5S/c17-11-7-10(20(23)24)5-6-13(11)19-15(21)8-25-16(22)9-26-14-4-2-1-3-12(14)18/h1-7H,8-9H2,(H,19,21). The van der Waals surface area contributed by atoms with Gasteiger partial charge in [-0.25, -0.2) is 0 Å². The molecule has 0 saturated heterocycles. The molecule has 0 aromatic heterocycles. The molecule has 2 aromatic carbocycles. The number of nitro benzene ring substituents is 1. The van der Waals surface area contributed by atoms with Gasteiger partial charge in [-0.3, -0.25) is 19.7 Å². The van der Waals surface area contributed by atoms with E-state index in [1.807, 2.05) is 0 Å². The first kappa shape index (κ1) is 20.2. The summed E-state index contributed by atoms with van der Waals surface area (Å²) in [4.78, 5) is 34.4. The quantitative estimate of drug-likeness (QED) is 0.287. The summed E-state index contributed by atoms with van der Waals surface area (Å²) in [7, 11) is 0. The third-order valence-electron chi connectivity index (χ3n) is 2.98. The predicted molar refractivity (Wildman–Crippen MR) is 103 cm³/mol. The number of nitro groups is 1. The minimum atomic E-state index is -0.562. The molecule has 0 atom stereocenters. The fraction of sp³-hybridized carbons (Fsp3) is 0.125. The van der Waals surface area contributed by atoms with Crippen molar-refractivity contribution in [1.82, 2.24) is 0 Å². The number of nitrogens with zero attached hydrogens (tertiary/aromatic N) is 1. The Labute approximate surface area is 166 Å². The van der Waals surface area contributed by atoms with Crippen molar-refractivity contribution in [3.05, 3.63) is 62.1 Å². The maximum absolute atomic E-state index is 11.8. The van der Waals surface area contributed by atoms with Gasteiger partial charge in [-0.15, -0.1) is 11.8 Å². The highest BCUT2D eigenvalue weighted by Crippen LogP contribution is 2.27. The average Bonchev–Trinajstić information content (AvgIpc) is 2.60. The molecule has 0 saturated carbocycles. The largest absolute Gasteiger partial charge is 0.455 e. The van der Waals surface area contributed by atoms with Gasteiger partial charge in [0.15, 0.2) is 6.61 Å². The number of non-ortho nitro benzene ring substituents is 1. The molecule has 0 radical (unpaired) electrons. The monoisotopic (exact) mass is 458 g/mol. The first-order valence-corrected chi connectivity index (χ1v) is 9.29. The number of halogens is 2. The molecule has 1 N–H and O–H groups in total. The molecule has 0 fully saturated rings. The van der Waals surface area contributed by atoms with E-state index in [0.29, 0.717) is 15.2 Å². The Bertz CT molecular complexity index is 849. The molecule has 0 aliphatic heterocycles. The lowest BCUT2D eigenvalue weighted by atomic mass is 10.3. The highest BCUT2D eigenvalue weighted by Gasteiger charge is 2.13. The number of carbonyl (C=O) groups is 2. The van der Waals surface area contributed by atoms with Crippen molar-refractivity contribution in [2.75, 3.05) is 17.7 Å². The third kappa shape index (κ3) is 6.01. The van der Waals surface area contributed by atoms with Crippen LogP contribution in [0.5, 0.6) is 0 Å². The SMILES string of the molecule is O=C(COC(=O)CSc1ccccc1Cl)Nc1ccc([N+](=O)[O-])cc1Br. The van der Waals surface area contributed by atoms with E-state index in [2.05, 4.69) is 21.2 Å². The van der Waals surface area contributed by atoms with Crippen LogP contribution in [0.4, 0.5) is 11.4 Å². The lowest BCUT2D eigenvalue weighted by molar-refractivity contribution is -0.384. The number of nitrogens with one attached hydrogen (secondary N) is 1. The lowest BCUT2D eigenvalue weighted by Crippen LogP contribution is -2.21. The van der Waals surface area contributed by atoms with E-state index < -0.39 is 23.4 Å². The summed E-state index contributed by atoms with van der Waals surface area (Å²) in [5.41, 5.74) is 0.222. The van der Waals surface area contributed by atoms with Gasteiger partial charge in [0.1, 0.15) is 0 Å². The highest BCUT2D eigenvalue weighted by atomic mass is 79.9. The molecule has 26 heavy (non-hydrogen) atoms. The van der Waals surface area contributed by atoms with Gasteiger partial charge in [0.2, 0.25) is 0 Å². The predicted octanol–water partition coefficient (Wildman–Crippen LogP) is 4.28. The van der Waals surface area contributed by atoms with Crippen LogP contribution in [-0.2, 0) is 14.3 Å². The zero-order valence-electron chi connectivity index (χ0n) is 13.1. The number of esters is 1. The highest BCUT2D eigenvalue weighted by molar-refractivity contribution is 9.10. The molecule has 0 unspecified atom stereocenters. The maximum atomic E-state index is 11.8. The van der Waals surface area contributed by atoms with E-state index in [1.165, 1.54) is 30.0 Å². The summed E-state index contributed by atoms with van der Waals surface area (Å²) >= 11 is 10.3. The molecule has 2 aromatic rings. The number of hydrogen-bond acceptors (Lipinski definition) is 6. The zero-order chi connectivity index (χ0) is 19.1. The van der Waals surface area contributed by atoms with Crippen LogP contribution in [0.2, 0.25) is 5.02 Å². The van der Waals surface area contributed by atoms with Gasteiger partial charge >= 0.3 is 5.97 Å². The number of carbonyl (C=O) groups excluding carboxylic acids is 2. The van der Waals surface area contributed by atoms with E-state index in [1.54, 1.807) is 24.3 Å². The van der Waals surface area contributed by atoms with Gasteiger partial charge in [-0.2, -0.15) is 0 Å². The van der Waals surface area contributed by atoms with Crippen molar-refractivity contribution >= 4 is 62.5 Å². The van der Waals surface area contributed by atoms with Crippen LogP contribution < -0.4 is 5.32 Å². The molecule has 1 amide bonds. The Hall–Kier alpha value is -2.10. The summed E-state index contributed by atoms with van der Waals surface area (Å²) in [6.07, 6.45) is 0. The second-order valence-corrected chi connectivity index (χ2v) is 7.13. The van der Waals surface area contributed by atoms with Gasteiger partial charge < -0.3 is 10.1 Å². The van der Waals surface area contributed by atoms with Crippen molar-refractivity contribution in [2.45, 2.75) is 4.90 Å². The Morgan fingerprint density at radius 2 is 2.00 bits per heavy atom. The summed E-state index contributed by atoms with van der Waals surface area (Å²) in [5.74, 6) is -1.11. The Balaban J connectivity index is 1.80. The van der Waals surface area contributed by atoms with Crippen LogP contribution >= 0.6 is 39.3 Å².